The maximum atomic E-state index is 12.0. The third-order valence-electron chi connectivity index (χ3n) is 4.81. The highest BCUT2D eigenvalue weighted by Crippen LogP contribution is 2.41. The lowest BCUT2D eigenvalue weighted by atomic mass is 9.90. The Morgan fingerprint density at radius 1 is 0.818 bits per heavy atom. The molecule has 2 nitrogen and oxygen atoms in total. The highest BCUT2D eigenvalue weighted by molar-refractivity contribution is 6.28. The summed E-state index contributed by atoms with van der Waals surface area (Å²) >= 11 is 0. The molecule has 4 aromatic carbocycles. The predicted octanol–water partition coefficient (Wildman–Crippen LogP) is 4.61. The van der Waals surface area contributed by atoms with E-state index in [0.29, 0.717) is 0 Å². The lowest BCUT2D eigenvalue weighted by Gasteiger charge is -2.15. The molecule has 0 unspecified atom stereocenters. The minimum Gasteiger partial charge on any atom is -0.367 e. The van der Waals surface area contributed by atoms with Gasteiger partial charge in [-0.25, -0.2) is 0 Å². The summed E-state index contributed by atoms with van der Waals surface area (Å²) in [6.07, 6.45) is 0. The first-order valence-electron chi connectivity index (χ1n) is 7.70. The Morgan fingerprint density at radius 2 is 1.41 bits per heavy atom. The van der Waals surface area contributed by atoms with Gasteiger partial charge < -0.3 is 4.90 Å². The zero-order chi connectivity index (χ0) is 14.8. The summed E-state index contributed by atoms with van der Waals surface area (Å²) in [7, 11) is 0. The number of anilines is 1. The SMILES string of the molecule is CC(=O)c1ccc2ccc3ccc(N4CC4)c4ccc1c2c34. The number of hydrogen-bond acceptors (Lipinski definition) is 2. The number of ketones is 1. The van der Waals surface area contributed by atoms with Crippen molar-refractivity contribution < 1.29 is 4.79 Å². The molecule has 0 atom stereocenters. The minimum absolute atomic E-state index is 0.129. The zero-order valence-corrected chi connectivity index (χ0v) is 12.4. The minimum atomic E-state index is 0.129. The molecular formula is C20H15NO. The number of rotatable bonds is 2. The molecule has 0 bridgehead atoms. The van der Waals surface area contributed by atoms with Crippen LogP contribution in [0.4, 0.5) is 5.69 Å². The van der Waals surface area contributed by atoms with Crippen molar-refractivity contribution in [3.63, 3.8) is 0 Å². The second-order valence-electron chi connectivity index (χ2n) is 6.16. The Bertz CT molecular complexity index is 1060. The van der Waals surface area contributed by atoms with Crippen LogP contribution in [0.2, 0.25) is 0 Å². The van der Waals surface area contributed by atoms with E-state index < -0.39 is 0 Å². The van der Waals surface area contributed by atoms with Crippen LogP contribution in [0.3, 0.4) is 0 Å². The maximum Gasteiger partial charge on any atom is 0.160 e. The van der Waals surface area contributed by atoms with Gasteiger partial charge in [0.25, 0.3) is 0 Å². The molecule has 106 valence electrons. The number of nitrogens with zero attached hydrogens (tertiary/aromatic N) is 1. The molecule has 5 rings (SSSR count). The lowest BCUT2D eigenvalue weighted by Crippen LogP contribution is -1.97. The Balaban J connectivity index is 2.05. The van der Waals surface area contributed by atoms with E-state index in [1.807, 2.05) is 6.07 Å². The van der Waals surface area contributed by atoms with Crippen LogP contribution in [0.1, 0.15) is 17.3 Å². The number of carbonyl (C=O) groups excluding carboxylic acids is 1. The molecule has 0 amide bonds. The molecule has 0 aromatic heterocycles. The van der Waals surface area contributed by atoms with Crippen molar-refractivity contribution in [3.05, 3.63) is 54.1 Å². The molecule has 0 saturated carbocycles. The van der Waals surface area contributed by atoms with E-state index in [1.54, 1.807) is 6.92 Å². The molecule has 22 heavy (non-hydrogen) atoms. The van der Waals surface area contributed by atoms with Gasteiger partial charge in [0.1, 0.15) is 0 Å². The van der Waals surface area contributed by atoms with Crippen molar-refractivity contribution in [2.75, 3.05) is 18.0 Å². The average Bonchev–Trinajstić information content (AvgIpc) is 3.36. The summed E-state index contributed by atoms with van der Waals surface area (Å²) in [5, 5.41) is 7.36. The van der Waals surface area contributed by atoms with Gasteiger partial charge in [-0.2, -0.15) is 0 Å². The average molecular weight is 285 g/mol. The maximum absolute atomic E-state index is 12.0. The largest absolute Gasteiger partial charge is 0.367 e. The summed E-state index contributed by atoms with van der Waals surface area (Å²) in [4.78, 5) is 14.4. The number of Topliss-reactive ketones (excluding diaryl/α,β-unsaturated/α-hetero) is 1. The van der Waals surface area contributed by atoms with Gasteiger partial charge >= 0.3 is 0 Å². The third-order valence-corrected chi connectivity index (χ3v) is 4.81. The standard InChI is InChI=1S/C20H15NO/c1-12(22)15-6-4-13-2-3-14-5-9-18(21-10-11-21)17-8-7-16(15)19(13)20(14)17/h2-9H,10-11H2,1H3. The molecule has 0 aliphatic carbocycles. The van der Waals surface area contributed by atoms with Crippen molar-refractivity contribution in [3.8, 4) is 0 Å². The number of benzene rings is 4. The van der Waals surface area contributed by atoms with Crippen LogP contribution in [0.15, 0.2) is 48.5 Å². The number of carbonyl (C=O) groups is 1. The van der Waals surface area contributed by atoms with Gasteiger partial charge in [0.05, 0.1) is 0 Å². The van der Waals surface area contributed by atoms with Crippen molar-refractivity contribution >= 4 is 43.8 Å². The van der Waals surface area contributed by atoms with Gasteiger partial charge in [-0.3, -0.25) is 4.79 Å². The van der Waals surface area contributed by atoms with Gasteiger partial charge in [0.2, 0.25) is 0 Å². The molecule has 1 fully saturated rings. The van der Waals surface area contributed by atoms with Crippen molar-refractivity contribution in [2.45, 2.75) is 6.92 Å². The molecular weight excluding hydrogens is 270 g/mol. The van der Waals surface area contributed by atoms with Crippen molar-refractivity contribution in [2.24, 2.45) is 0 Å². The first-order valence-corrected chi connectivity index (χ1v) is 7.70. The number of hydrogen-bond donors (Lipinski definition) is 0. The third kappa shape index (κ3) is 1.47. The Labute approximate surface area is 128 Å². The summed E-state index contributed by atoms with van der Waals surface area (Å²) < 4.78 is 0. The van der Waals surface area contributed by atoms with E-state index >= 15 is 0 Å². The van der Waals surface area contributed by atoms with E-state index in [2.05, 4.69) is 47.4 Å². The highest BCUT2D eigenvalue weighted by atomic mass is 16.1. The fourth-order valence-electron chi connectivity index (χ4n) is 3.66. The quantitative estimate of drug-likeness (QED) is 0.304. The predicted molar refractivity (Wildman–Crippen MR) is 92.4 cm³/mol. The van der Waals surface area contributed by atoms with Crippen LogP contribution in [-0.4, -0.2) is 18.9 Å². The van der Waals surface area contributed by atoms with Crippen molar-refractivity contribution in [1.29, 1.82) is 0 Å². The summed E-state index contributed by atoms with van der Waals surface area (Å²) in [6, 6.07) is 17.1. The summed E-state index contributed by atoms with van der Waals surface area (Å²) in [6.45, 7) is 3.93. The normalized spacial score (nSPS) is 14.3. The van der Waals surface area contributed by atoms with E-state index in [0.717, 1.165) is 24.0 Å². The van der Waals surface area contributed by atoms with E-state index in [-0.39, 0.29) is 5.78 Å². The molecule has 1 aliphatic rings. The molecule has 0 radical (unpaired) electrons. The van der Waals surface area contributed by atoms with Crippen LogP contribution in [0.5, 0.6) is 0 Å². The monoisotopic (exact) mass is 285 g/mol. The molecule has 1 heterocycles. The van der Waals surface area contributed by atoms with E-state index in [1.165, 1.54) is 32.6 Å². The highest BCUT2D eigenvalue weighted by Gasteiger charge is 2.22. The van der Waals surface area contributed by atoms with Gasteiger partial charge in [-0.05, 0) is 39.9 Å². The van der Waals surface area contributed by atoms with Crippen LogP contribution < -0.4 is 4.90 Å². The fraction of sp³-hybridized carbons (Fsp3) is 0.150. The summed E-state index contributed by atoms with van der Waals surface area (Å²) in [5.41, 5.74) is 2.13. The second-order valence-corrected chi connectivity index (χ2v) is 6.16. The molecule has 1 aliphatic heterocycles. The Morgan fingerprint density at radius 3 is 2.09 bits per heavy atom. The molecule has 1 saturated heterocycles. The molecule has 2 heteroatoms. The topological polar surface area (TPSA) is 20.1 Å². The van der Waals surface area contributed by atoms with Gasteiger partial charge in [-0.1, -0.05) is 42.5 Å². The molecule has 4 aromatic rings. The fourth-order valence-corrected chi connectivity index (χ4v) is 3.66. The van der Waals surface area contributed by atoms with E-state index in [9.17, 15) is 4.79 Å². The molecule has 0 N–H and O–H groups in total. The van der Waals surface area contributed by atoms with Gasteiger partial charge in [0.15, 0.2) is 5.78 Å². The Hall–Kier alpha value is -2.61. The van der Waals surface area contributed by atoms with Crippen molar-refractivity contribution in [1.82, 2.24) is 0 Å². The van der Waals surface area contributed by atoms with Crippen LogP contribution in [-0.2, 0) is 0 Å². The first-order chi connectivity index (χ1) is 10.7. The smallest absolute Gasteiger partial charge is 0.160 e. The summed E-state index contributed by atoms with van der Waals surface area (Å²) in [5.74, 6) is 0.129. The first kappa shape index (κ1) is 12.0. The van der Waals surface area contributed by atoms with Crippen LogP contribution >= 0.6 is 0 Å². The lowest BCUT2D eigenvalue weighted by molar-refractivity contribution is 0.101. The van der Waals surface area contributed by atoms with Gasteiger partial charge in [0, 0.05) is 29.7 Å². The van der Waals surface area contributed by atoms with Crippen LogP contribution in [0.25, 0.3) is 32.3 Å². The second kappa shape index (κ2) is 3.98. The van der Waals surface area contributed by atoms with Gasteiger partial charge in [-0.15, -0.1) is 0 Å². The zero-order valence-electron chi connectivity index (χ0n) is 12.4. The van der Waals surface area contributed by atoms with E-state index in [4.69, 9.17) is 0 Å². The molecule has 0 spiro atoms. The van der Waals surface area contributed by atoms with Crippen LogP contribution in [0, 0.1) is 0 Å². The Kier molecular flexibility index (Phi) is 2.17.